The van der Waals surface area contributed by atoms with Crippen LogP contribution >= 0.6 is 24.8 Å². The quantitative estimate of drug-likeness (QED) is 0.907. The molecular formula is C16H28Cl2N2. The van der Waals surface area contributed by atoms with Crippen LogP contribution in [0.5, 0.6) is 0 Å². The molecular weight excluding hydrogens is 291 g/mol. The van der Waals surface area contributed by atoms with Gasteiger partial charge in [0.2, 0.25) is 0 Å². The Balaban J connectivity index is 0.00000180. The van der Waals surface area contributed by atoms with Gasteiger partial charge in [-0.3, -0.25) is 4.90 Å². The molecule has 2 nitrogen and oxygen atoms in total. The second-order valence-corrected chi connectivity index (χ2v) is 5.53. The summed E-state index contributed by atoms with van der Waals surface area (Å²) in [5, 5.41) is 3.45. The van der Waals surface area contributed by atoms with Gasteiger partial charge in [-0.15, -0.1) is 24.8 Å². The third-order valence-electron chi connectivity index (χ3n) is 4.11. The molecule has 0 spiro atoms. The van der Waals surface area contributed by atoms with E-state index < -0.39 is 0 Å². The van der Waals surface area contributed by atoms with Gasteiger partial charge in [0.05, 0.1) is 0 Å². The van der Waals surface area contributed by atoms with Gasteiger partial charge in [-0.25, -0.2) is 0 Å². The maximum atomic E-state index is 3.45. The first-order valence-corrected chi connectivity index (χ1v) is 7.23. The van der Waals surface area contributed by atoms with E-state index in [4.69, 9.17) is 0 Å². The second-order valence-electron chi connectivity index (χ2n) is 5.53. The van der Waals surface area contributed by atoms with E-state index in [1.807, 2.05) is 0 Å². The van der Waals surface area contributed by atoms with Crippen LogP contribution in [0.3, 0.4) is 0 Å². The molecule has 0 saturated carbocycles. The molecule has 0 amide bonds. The van der Waals surface area contributed by atoms with Crippen LogP contribution in [0.4, 0.5) is 0 Å². The van der Waals surface area contributed by atoms with Gasteiger partial charge in [-0.05, 0) is 18.4 Å². The van der Waals surface area contributed by atoms with Gasteiger partial charge in [0.25, 0.3) is 0 Å². The zero-order valence-electron chi connectivity index (χ0n) is 12.8. The van der Waals surface area contributed by atoms with Gasteiger partial charge in [0, 0.05) is 32.2 Å². The van der Waals surface area contributed by atoms with Gasteiger partial charge in [-0.1, -0.05) is 50.1 Å². The molecule has 1 unspecified atom stereocenters. The standard InChI is InChI=1S/C16H26N2.2ClH/c1-4-14(3)16(18-10-8-17-9-11-18)15-7-5-6-13(2)12-15;;/h5-7,12,14,16-17H,4,8-11H2,1-3H3;2*1H/t14?,16-;;/m1../s1. The molecule has 1 N–H and O–H groups in total. The molecule has 0 aliphatic carbocycles. The molecule has 2 atom stereocenters. The molecule has 1 fully saturated rings. The lowest BCUT2D eigenvalue weighted by Gasteiger charge is -2.38. The maximum absolute atomic E-state index is 3.45. The summed E-state index contributed by atoms with van der Waals surface area (Å²) in [6, 6.07) is 9.62. The first-order valence-electron chi connectivity index (χ1n) is 7.23. The highest BCUT2D eigenvalue weighted by molar-refractivity contribution is 5.85. The van der Waals surface area contributed by atoms with Crippen LogP contribution in [-0.4, -0.2) is 31.1 Å². The van der Waals surface area contributed by atoms with Gasteiger partial charge in [0.15, 0.2) is 0 Å². The van der Waals surface area contributed by atoms with E-state index in [9.17, 15) is 0 Å². The van der Waals surface area contributed by atoms with Crippen molar-refractivity contribution < 1.29 is 0 Å². The smallest absolute Gasteiger partial charge is 0.0374 e. The summed E-state index contributed by atoms with van der Waals surface area (Å²) in [6.07, 6.45) is 1.24. The van der Waals surface area contributed by atoms with Crippen LogP contribution in [0, 0.1) is 12.8 Å². The summed E-state index contributed by atoms with van der Waals surface area (Å²) in [5.41, 5.74) is 2.86. The molecule has 1 aromatic carbocycles. The molecule has 4 heteroatoms. The van der Waals surface area contributed by atoms with Crippen LogP contribution in [0.25, 0.3) is 0 Å². The van der Waals surface area contributed by atoms with Crippen molar-refractivity contribution in [1.82, 2.24) is 10.2 Å². The van der Waals surface area contributed by atoms with Crippen LogP contribution in [0.15, 0.2) is 24.3 Å². The summed E-state index contributed by atoms with van der Waals surface area (Å²) in [6.45, 7) is 11.5. The van der Waals surface area contributed by atoms with E-state index >= 15 is 0 Å². The van der Waals surface area contributed by atoms with Crippen molar-refractivity contribution in [2.45, 2.75) is 33.2 Å². The number of piperazine rings is 1. The van der Waals surface area contributed by atoms with E-state index in [1.165, 1.54) is 30.6 Å². The highest BCUT2D eigenvalue weighted by atomic mass is 35.5. The van der Waals surface area contributed by atoms with E-state index in [-0.39, 0.29) is 24.8 Å². The molecule has 20 heavy (non-hydrogen) atoms. The number of rotatable bonds is 4. The number of nitrogens with one attached hydrogen (secondary N) is 1. The predicted octanol–water partition coefficient (Wildman–Crippen LogP) is 3.83. The number of benzene rings is 1. The fourth-order valence-electron chi connectivity index (χ4n) is 2.94. The average Bonchev–Trinajstić information content (AvgIpc) is 2.40. The van der Waals surface area contributed by atoms with Gasteiger partial charge in [-0.2, -0.15) is 0 Å². The second kappa shape index (κ2) is 9.62. The normalized spacial score (nSPS) is 18.6. The molecule has 1 aromatic rings. The number of hydrogen-bond donors (Lipinski definition) is 1. The molecule has 1 saturated heterocycles. The van der Waals surface area contributed by atoms with E-state index in [1.54, 1.807) is 0 Å². The number of halogens is 2. The van der Waals surface area contributed by atoms with Crippen LogP contribution in [0.1, 0.15) is 37.4 Å². The molecule has 0 aromatic heterocycles. The SMILES string of the molecule is CCC(C)[C@H](c1cccc(C)c1)N1CCNCC1.Cl.Cl. The number of nitrogens with zero attached hydrogens (tertiary/aromatic N) is 1. The summed E-state index contributed by atoms with van der Waals surface area (Å²) in [4.78, 5) is 2.65. The number of hydrogen-bond acceptors (Lipinski definition) is 2. The molecule has 0 bridgehead atoms. The largest absolute Gasteiger partial charge is 0.314 e. The Morgan fingerprint density at radius 1 is 1.20 bits per heavy atom. The number of aryl methyl sites for hydroxylation is 1. The highest BCUT2D eigenvalue weighted by Gasteiger charge is 2.26. The Hall–Kier alpha value is -0.280. The molecule has 2 rings (SSSR count). The van der Waals surface area contributed by atoms with Crippen LogP contribution in [-0.2, 0) is 0 Å². The van der Waals surface area contributed by atoms with Crippen molar-refractivity contribution in [3.8, 4) is 0 Å². The first-order chi connectivity index (χ1) is 8.72. The molecule has 1 aliphatic heterocycles. The molecule has 1 aliphatic rings. The molecule has 1 heterocycles. The van der Waals surface area contributed by atoms with Crippen molar-refractivity contribution >= 4 is 24.8 Å². The summed E-state index contributed by atoms with van der Waals surface area (Å²) < 4.78 is 0. The summed E-state index contributed by atoms with van der Waals surface area (Å²) in [5.74, 6) is 0.713. The zero-order chi connectivity index (χ0) is 13.0. The first kappa shape index (κ1) is 19.7. The van der Waals surface area contributed by atoms with Crippen molar-refractivity contribution in [2.75, 3.05) is 26.2 Å². The van der Waals surface area contributed by atoms with Gasteiger partial charge in [0.1, 0.15) is 0 Å². The Bertz CT molecular complexity index is 378. The molecule has 0 radical (unpaired) electrons. The van der Waals surface area contributed by atoms with E-state index in [2.05, 4.69) is 55.3 Å². The Kier molecular flexibility index (Phi) is 9.48. The van der Waals surface area contributed by atoms with Gasteiger partial charge >= 0.3 is 0 Å². The van der Waals surface area contributed by atoms with E-state index in [0.29, 0.717) is 12.0 Å². The minimum absolute atomic E-state index is 0. The minimum Gasteiger partial charge on any atom is -0.314 e. The topological polar surface area (TPSA) is 15.3 Å². The Labute approximate surface area is 136 Å². The molecule has 116 valence electrons. The zero-order valence-corrected chi connectivity index (χ0v) is 14.4. The van der Waals surface area contributed by atoms with Crippen molar-refractivity contribution in [3.63, 3.8) is 0 Å². The van der Waals surface area contributed by atoms with Gasteiger partial charge < -0.3 is 5.32 Å². The van der Waals surface area contributed by atoms with Crippen molar-refractivity contribution in [3.05, 3.63) is 35.4 Å². The minimum atomic E-state index is 0. The monoisotopic (exact) mass is 318 g/mol. The predicted molar refractivity (Wildman–Crippen MR) is 92.3 cm³/mol. The maximum Gasteiger partial charge on any atom is 0.0374 e. The van der Waals surface area contributed by atoms with Crippen LogP contribution < -0.4 is 5.32 Å². The van der Waals surface area contributed by atoms with Crippen molar-refractivity contribution in [1.29, 1.82) is 0 Å². The fraction of sp³-hybridized carbons (Fsp3) is 0.625. The third kappa shape index (κ3) is 4.92. The third-order valence-corrected chi connectivity index (χ3v) is 4.11. The Morgan fingerprint density at radius 3 is 2.40 bits per heavy atom. The summed E-state index contributed by atoms with van der Waals surface area (Å²) >= 11 is 0. The lowest BCUT2D eigenvalue weighted by molar-refractivity contribution is 0.128. The summed E-state index contributed by atoms with van der Waals surface area (Å²) in [7, 11) is 0. The lowest BCUT2D eigenvalue weighted by atomic mass is 9.90. The van der Waals surface area contributed by atoms with E-state index in [0.717, 1.165) is 13.1 Å². The Morgan fingerprint density at radius 2 is 1.85 bits per heavy atom. The van der Waals surface area contributed by atoms with Crippen molar-refractivity contribution in [2.24, 2.45) is 5.92 Å². The fourth-order valence-corrected chi connectivity index (χ4v) is 2.94. The average molecular weight is 319 g/mol. The lowest BCUT2D eigenvalue weighted by Crippen LogP contribution is -2.46. The highest BCUT2D eigenvalue weighted by Crippen LogP contribution is 2.31. The van der Waals surface area contributed by atoms with Crippen LogP contribution in [0.2, 0.25) is 0 Å².